The Balaban J connectivity index is 2.06. The molecule has 21 heavy (non-hydrogen) atoms. The van der Waals surface area contributed by atoms with Gasteiger partial charge < -0.3 is 14.2 Å². The van der Waals surface area contributed by atoms with Gasteiger partial charge in [0.25, 0.3) is 0 Å². The largest absolute Gasteiger partial charge is 0.456 e. The zero-order chi connectivity index (χ0) is 15.6. The lowest BCUT2D eigenvalue weighted by atomic mass is 9.75. The molecule has 1 saturated carbocycles. The number of hydrogen-bond acceptors (Lipinski definition) is 5. The molecule has 0 saturated heterocycles. The van der Waals surface area contributed by atoms with Crippen LogP contribution in [0.25, 0.3) is 0 Å². The van der Waals surface area contributed by atoms with Gasteiger partial charge in [0.05, 0.1) is 12.3 Å². The first-order valence-corrected chi connectivity index (χ1v) is 7.60. The molecule has 0 N–H and O–H groups in total. The number of carbonyl (C=O) groups excluding carboxylic acids is 2. The van der Waals surface area contributed by atoms with E-state index >= 15 is 0 Å². The average molecular weight is 296 g/mol. The lowest BCUT2D eigenvalue weighted by Crippen LogP contribution is -2.48. The van der Waals surface area contributed by atoms with Gasteiger partial charge in [0.1, 0.15) is 6.10 Å². The van der Waals surface area contributed by atoms with Crippen molar-refractivity contribution in [1.29, 1.82) is 0 Å². The third-order valence-electron chi connectivity index (χ3n) is 4.38. The van der Waals surface area contributed by atoms with E-state index in [1.54, 1.807) is 0 Å². The molecule has 0 aromatic carbocycles. The number of ether oxygens (including phenoxy) is 3. The molecule has 5 nitrogen and oxygen atoms in total. The first kappa shape index (κ1) is 15.9. The Morgan fingerprint density at radius 1 is 1.43 bits per heavy atom. The van der Waals surface area contributed by atoms with E-state index < -0.39 is 17.7 Å². The van der Waals surface area contributed by atoms with E-state index in [2.05, 4.69) is 20.8 Å². The smallest absolute Gasteiger partial charge is 0.392 e. The number of esters is 2. The number of carbonyl (C=O) groups is 2. The van der Waals surface area contributed by atoms with Crippen LogP contribution in [-0.2, 0) is 23.8 Å². The fourth-order valence-electron chi connectivity index (χ4n) is 3.05. The highest BCUT2D eigenvalue weighted by molar-refractivity contribution is 5.88. The van der Waals surface area contributed by atoms with E-state index in [9.17, 15) is 9.59 Å². The van der Waals surface area contributed by atoms with Gasteiger partial charge in [-0.25, -0.2) is 9.59 Å². The molecule has 2 rings (SSSR count). The molecule has 118 valence electrons. The topological polar surface area (TPSA) is 61.8 Å². The van der Waals surface area contributed by atoms with Crippen LogP contribution in [0.2, 0.25) is 0 Å². The first-order chi connectivity index (χ1) is 9.82. The maximum atomic E-state index is 12.4. The summed E-state index contributed by atoms with van der Waals surface area (Å²) in [4.78, 5) is 23.7. The van der Waals surface area contributed by atoms with Crippen LogP contribution < -0.4 is 0 Å². The molecule has 1 fully saturated rings. The zero-order valence-corrected chi connectivity index (χ0v) is 13.1. The summed E-state index contributed by atoms with van der Waals surface area (Å²) >= 11 is 0. The van der Waals surface area contributed by atoms with E-state index in [4.69, 9.17) is 14.2 Å². The molecule has 1 aliphatic heterocycles. The maximum absolute atomic E-state index is 12.4. The second-order valence-electron chi connectivity index (χ2n) is 6.56. The summed E-state index contributed by atoms with van der Waals surface area (Å²) in [6, 6.07) is 0. The fourth-order valence-corrected chi connectivity index (χ4v) is 3.05. The fraction of sp³-hybridized carbons (Fsp3) is 0.750. The monoisotopic (exact) mass is 296 g/mol. The van der Waals surface area contributed by atoms with Crippen molar-refractivity contribution in [2.75, 3.05) is 0 Å². The molecular formula is C16H24O5. The van der Waals surface area contributed by atoms with Gasteiger partial charge in [-0.15, -0.1) is 0 Å². The Bertz CT molecular complexity index is 442. The van der Waals surface area contributed by atoms with Crippen LogP contribution in [0.3, 0.4) is 0 Å². The Kier molecular flexibility index (Phi) is 4.59. The predicted molar refractivity (Wildman–Crippen MR) is 75.9 cm³/mol. The molecule has 0 amide bonds. The minimum atomic E-state index is -1.67. The molecule has 4 atom stereocenters. The Morgan fingerprint density at radius 3 is 2.76 bits per heavy atom. The lowest BCUT2D eigenvalue weighted by molar-refractivity contribution is -0.231. The van der Waals surface area contributed by atoms with E-state index in [1.807, 2.05) is 0 Å². The quantitative estimate of drug-likeness (QED) is 0.749. The Hall–Kier alpha value is -1.52. The summed E-state index contributed by atoms with van der Waals surface area (Å²) in [6.45, 7) is 7.86. The lowest BCUT2D eigenvalue weighted by Gasteiger charge is -2.38. The van der Waals surface area contributed by atoms with Crippen molar-refractivity contribution in [2.24, 2.45) is 17.8 Å². The Morgan fingerprint density at radius 2 is 2.14 bits per heavy atom. The predicted octanol–water partition coefficient (Wildman–Crippen LogP) is 2.79. The van der Waals surface area contributed by atoms with E-state index in [0.717, 1.165) is 25.3 Å². The van der Waals surface area contributed by atoms with Crippen LogP contribution >= 0.6 is 0 Å². The number of hydrogen-bond donors (Lipinski definition) is 0. The van der Waals surface area contributed by atoms with Gasteiger partial charge in [0.15, 0.2) is 0 Å². The van der Waals surface area contributed by atoms with Crippen LogP contribution in [-0.4, -0.2) is 23.8 Å². The average Bonchev–Trinajstić information content (AvgIpc) is 2.38. The zero-order valence-electron chi connectivity index (χ0n) is 13.1. The highest BCUT2D eigenvalue weighted by atomic mass is 16.7. The van der Waals surface area contributed by atoms with Gasteiger partial charge in [-0.05, 0) is 30.6 Å². The molecule has 1 heterocycles. The molecule has 0 radical (unpaired) electrons. The van der Waals surface area contributed by atoms with Crippen molar-refractivity contribution < 1.29 is 23.8 Å². The minimum Gasteiger partial charge on any atom is -0.456 e. The van der Waals surface area contributed by atoms with Crippen molar-refractivity contribution in [1.82, 2.24) is 0 Å². The van der Waals surface area contributed by atoms with Crippen molar-refractivity contribution >= 4 is 11.9 Å². The molecule has 1 aliphatic carbocycles. The van der Waals surface area contributed by atoms with Gasteiger partial charge in [0, 0.05) is 6.92 Å². The standard InChI is InChI=1S/C16H24O5/c1-10(2)12-6-5-11(3)9-13(12)20-15(18)16(4)19-8-7-14(17)21-16/h7-8,10-13H,5-6,9H2,1-4H3/t11?,12?,13?,16-/m0/s1. The summed E-state index contributed by atoms with van der Waals surface area (Å²) in [5.41, 5.74) is 0. The highest BCUT2D eigenvalue weighted by Crippen LogP contribution is 2.36. The van der Waals surface area contributed by atoms with Crippen LogP contribution in [0.15, 0.2) is 12.3 Å². The second-order valence-corrected chi connectivity index (χ2v) is 6.56. The van der Waals surface area contributed by atoms with Gasteiger partial charge in [-0.3, -0.25) is 0 Å². The van der Waals surface area contributed by atoms with Crippen molar-refractivity contribution in [3.8, 4) is 0 Å². The van der Waals surface area contributed by atoms with E-state index in [1.165, 1.54) is 13.2 Å². The van der Waals surface area contributed by atoms with Crippen molar-refractivity contribution in [2.45, 2.75) is 58.8 Å². The molecule has 5 heteroatoms. The van der Waals surface area contributed by atoms with Gasteiger partial charge in [0.2, 0.25) is 0 Å². The molecule has 0 spiro atoms. The van der Waals surface area contributed by atoms with Crippen LogP contribution in [0.1, 0.15) is 47.0 Å². The van der Waals surface area contributed by atoms with Crippen molar-refractivity contribution in [3.05, 3.63) is 12.3 Å². The molecule has 0 bridgehead atoms. The third-order valence-corrected chi connectivity index (χ3v) is 4.38. The minimum absolute atomic E-state index is 0.147. The van der Waals surface area contributed by atoms with E-state index in [0.29, 0.717) is 17.8 Å². The molecular weight excluding hydrogens is 272 g/mol. The van der Waals surface area contributed by atoms with E-state index in [-0.39, 0.29) is 6.10 Å². The number of rotatable bonds is 3. The van der Waals surface area contributed by atoms with Gasteiger partial charge in [-0.1, -0.05) is 27.2 Å². The van der Waals surface area contributed by atoms with Crippen LogP contribution in [0, 0.1) is 17.8 Å². The van der Waals surface area contributed by atoms with Crippen LogP contribution in [0.4, 0.5) is 0 Å². The Labute approximate surface area is 125 Å². The SMILES string of the molecule is CC1CCC(C(C)C)C(OC(=O)[C@@]2(C)OC=CC(=O)O2)C1. The third kappa shape index (κ3) is 3.57. The van der Waals surface area contributed by atoms with Crippen LogP contribution in [0.5, 0.6) is 0 Å². The normalized spacial score (nSPS) is 36.0. The molecule has 2 aliphatic rings. The molecule has 3 unspecified atom stereocenters. The summed E-state index contributed by atoms with van der Waals surface area (Å²) < 4.78 is 15.8. The molecule has 0 aromatic heterocycles. The number of cyclic esters (lactones) is 1. The second kappa shape index (κ2) is 6.08. The summed E-state index contributed by atoms with van der Waals surface area (Å²) in [6.07, 6.45) is 5.21. The van der Waals surface area contributed by atoms with Crippen molar-refractivity contribution in [3.63, 3.8) is 0 Å². The summed E-state index contributed by atoms with van der Waals surface area (Å²) in [7, 11) is 0. The van der Waals surface area contributed by atoms with Gasteiger partial charge >= 0.3 is 17.7 Å². The summed E-state index contributed by atoms with van der Waals surface area (Å²) in [5.74, 6) is -1.60. The van der Waals surface area contributed by atoms with Gasteiger partial charge in [-0.2, -0.15) is 0 Å². The summed E-state index contributed by atoms with van der Waals surface area (Å²) in [5, 5.41) is 0. The highest BCUT2D eigenvalue weighted by Gasteiger charge is 2.45. The first-order valence-electron chi connectivity index (χ1n) is 7.60. The maximum Gasteiger partial charge on any atom is 0.392 e. The molecule has 0 aromatic rings.